The molecule has 2 N–H and O–H groups in total. The number of rotatable bonds is 5. The number of urea groups is 1. The van der Waals surface area contributed by atoms with Gasteiger partial charge in [-0.05, 0) is 30.5 Å². The van der Waals surface area contributed by atoms with Gasteiger partial charge in [0, 0.05) is 38.0 Å². The Morgan fingerprint density at radius 2 is 1.88 bits per heavy atom. The molecular formula is C19H26FN3O2. The molecule has 1 saturated heterocycles. The van der Waals surface area contributed by atoms with Gasteiger partial charge in [-0.2, -0.15) is 0 Å². The number of carbonyl (C=O) groups is 2. The summed E-state index contributed by atoms with van der Waals surface area (Å²) in [6, 6.07) is 6.37. The van der Waals surface area contributed by atoms with Crippen molar-refractivity contribution < 1.29 is 14.0 Å². The van der Waals surface area contributed by atoms with Gasteiger partial charge >= 0.3 is 6.03 Å². The maximum absolute atomic E-state index is 13.0. The molecule has 1 heterocycles. The van der Waals surface area contributed by atoms with E-state index in [1.54, 1.807) is 17.0 Å². The van der Waals surface area contributed by atoms with Crippen LogP contribution in [0.15, 0.2) is 24.3 Å². The summed E-state index contributed by atoms with van der Waals surface area (Å²) >= 11 is 0. The zero-order valence-electron chi connectivity index (χ0n) is 14.5. The molecule has 1 aromatic rings. The Balaban J connectivity index is 1.41. The lowest BCUT2D eigenvalue weighted by atomic mass is 9.96. The SMILES string of the molecule is O=C(NC[C@@H]1CC(=O)N(Cc2ccc(F)cc2)C1)NC1CCCCC1. The van der Waals surface area contributed by atoms with Crippen molar-refractivity contribution in [2.24, 2.45) is 5.92 Å². The topological polar surface area (TPSA) is 61.4 Å². The van der Waals surface area contributed by atoms with E-state index in [2.05, 4.69) is 10.6 Å². The maximum Gasteiger partial charge on any atom is 0.315 e. The average molecular weight is 347 g/mol. The van der Waals surface area contributed by atoms with E-state index in [9.17, 15) is 14.0 Å². The van der Waals surface area contributed by atoms with Crippen molar-refractivity contribution in [3.63, 3.8) is 0 Å². The number of amides is 3. The van der Waals surface area contributed by atoms with Crippen molar-refractivity contribution in [2.75, 3.05) is 13.1 Å². The van der Waals surface area contributed by atoms with Crippen molar-refractivity contribution in [2.45, 2.75) is 51.1 Å². The summed E-state index contributed by atoms with van der Waals surface area (Å²) < 4.78 is 13.0. The van der Waals surface area contributed by atoms with Gasteiger partial charge in [-0.3, -0.25) is 4.79 Å². The number of hydrogen-bond acceptors (Lipinski definition) is 2. The van der Waals surface area contributed by atoms with Crippen molar-refractivity contribution in [1.82, 2.24) is 15.5 Å². The summed E-state index contributed by atoms with van der Waals surface area (Å²) in [6.45, 7) is 1.62. The van der Waals surface area contributed by atoms with E-state index in [1.165, 1.54) is 31.4 Å². The molecule has 1 atom stereocenters. The second-order valence-corrected chi connectivity index (χ2v) is 7.16. The van der Waals surface area contributed by atoms with Crippen LogP contribution in [0.4, 0.5) is 9.18 Å². The van der Waals surface area contributed by atoms with E-state index in [4.69, 9.17) is 0 Å². The fraction of sp³-hybridized carbons (Fsp3) is 0.579. The molecule has 0 unspecified atom stereocenters. The van der Waals surface area contributed by atoms with Crippen LogP contribution in [-0.2, 0) is 11.3 Å². The molecule has 0 radical (unpaired) electrons. The fourth-order valence-corrected chi connectivity index (χ4v) is 3.67. The third-order valence-corrected chi connectivity index (χ3v) is 5.07. The number of nitrogens with zero attached hydrogens (tertiary/aromatic N) is 1. The average Bonchev–Trinajstić information content (AvgIpc) is 2.96. The molecule has 1 aliphatic heterocycles. The quantitative estimate of drug-likeness (QED) is 0.860. The molecular weight excluding hydrogens is 321 g/mol. The monoisotopic (exact) mass is 347 g/mol. The van der Waals surface area contributed by atoms with Gasteiger partial charge in [0.2, 0.25) is 5.91 Å². The summed E-state index contributed by atoms with van der Waals surface area (Å²) in [5, 5.41) is 5.93. The summed E-state index contributed by atoms with van der Waals surface area (Å²) in [5.41, 5.74) is 0.915. The Hall–Kier alpha value is -2.11. The Bertz CT molecular complexity index is 599. The minimum atomic E-state index is -0.275. The van der Waals surface area contributed by atoms with Crippen LogP contribution in [0.2, 0.25) is 0 Å². The third kappa shape index (κ3) is 5.18. The van der Waals surface area contributed by atoms with Crippen molar-refractivity contribution in [3.8, 4) is 0 Å². The Morgan fingerprint density at radius 1 is 1.16 bits per heavy atom. The van der Waals surface area contributed by atoms with Crippen molar-refractivity contribution in [3.05, 3.63) is 35.6 Å². The molecule has 2 aliphatic rings. The van der Waals surface area contributed by atoms with E-state index in [0.29, 0.717) is 26.1 Å². The Labute approximate surface area is 148 Å². The number of nitrogens with one attached hydrogen (secondary N) is 2. The van der Waals surface area contributed by atoms with Crippen molar-refractivity contribution >= 4 is 11.9 Å². The second-order valence-electron chi connectivity index (χ2n) is 7.16. The predicted octanol–water partition coefficient (Wildman–Crippen LogP) is 2.81. The third-order valence-electron chi connectivity index (χ3n) is 5.07. The van der Waals surface area contributed by atoms with E-state index in [1.807, 2.05) is 0 Å². The zero-order chi connectivity index (χ0) is 17.6. The van der Waals surface area contributed by atoms with Crippen LogP contribution in [-0.4, -0.2) is 36.0 Å². The lowest BCUT2D eigenvalue weighted by molar-refractivity contribution is -0.128. The lowest BCUT2D eigenvalue weighted by Gasteiger charge is -2.23. The molecule has 0 spiro atoms. The van der Waals surface area contributed by atoms with Crippen LogP contribution in [0.5, 0.6) is 0 Å². The minimum absolute atomic E-state index is 0.0869. The Morgan fingerprint density at radius 3 is 2.60 bits per heavy atom. The van der Waals surface area contributed by atoms with E-state index in [0.717, 1.165) is 18.4 Å². The highest BCUT2D eigenvalue weighted by atomic mass is 19.1. The Kier molecular flexibility index (Phi) is 5.89. The first kappa shape index (κ1) is 17.7. The first-order valence-corrected chi connectivity index (χ1v) is 9.17. The van der Waals surface area contributed by atoms with Gasteiger partial charge in [-0.15, -0.1) is 0 Å². The van der Waals surface area contributed by atoms with Gasteiger partial charge in [-0.25, -0.2) is 9.18 Å². The molecule has 0 aromatic heterocycles. The number of likely N-dealkylation sites (tertiary alicyclic amines) is 1. The molecule has 5 nitrogen and oxygen atoms in total. The summed E-state index contributed by atoms with van der Waals surface area (Å²) in [7, 11) is 0. The molecule has 136 valence electrons. The highest BCUT2D eigenvalue weighted by Crippen LogP contribution is 2.20. The molecule has 2 fully saturated rings. The summed E-state index contributed by atoms with van der Waals surface area (Å²) in [6.07, 6.45) is 6.18. The van der Waals surface area contributed by atoms with Gasteiger partial charge in [0.05, 0.1) is 0 Å². The number of halogens is 1. The smallest absolute Gasteiger partial charge is 0.315 e. The normalized spacial score (nSPS) is 21.4. The van der Waals surface area contributed by atoms with Gasteiger partial charge in [-0.1, -0.05) is 31.4 Å². The van der Waals surface area contributed by atoms with Gasteiger partial charge in [0.1, 0.15) is 5.82 Å². The number of carbonyl (C=O) groups excluding carboxylic acids is 2. The van der Waals surface area contributed by atoms with Crippen LogP contribution < -0.4 is 10.6 Å². The van der Waals surface area contributed by atoms with Gasteiger partial charge in [0.25, 0.3) is 0 Å². The lowest BCUT2D eigenvalue weighted by Crippen LogP contribution is -2.44. The van der Waals surface area contributed by atoms with Gasteiger partial charge in [0.15, 0.2) is 0 Å². The summed E-state index contributed by atoms with van der Waals surface area (Å²) in [4.78, 5) is 25.9. The van der Waals surface area contributed by atoms with Crippen LogP contribution in [0, 0.1) is 11.7 Å². The molecule has 3 amide bonds. The maximum atomic E-state index is 13.0. The zero-order valence-corrected chi connectivity index (χ0v) is 14.5. The summed E-state index contributed by atoms with van der Waals surface area (Å²) in [5.74, 6) is -0.0589. The standard InChI is InChI=1S/C19H26FN3O2/c20-16-8-6-14(7-9-16)12-23-13-15(10-18(23)24)11-21-19(25)22-17-4-2-1-3-5-17/h6-9,15,17H,1-5,10-13H2,(H2,21,22,25)/t15-/m0/s1. The number of hydrogen-bond donors (Lipinski definition) is 2. The van der Waals surface area contributed by atoms with E-state index >= 15 is 0 Å². The molecule has 1 aliphatic carbocycles. The molecule has 0 bridgehead atoms. The molecule has 25 heavy (non-hydrogen) atoms. The van der Waals surface area contributed by atoms with Gasteiger partial charge < -0.3 is 15.5 Å². The predicted molar refractivity (Wildman–Crippen MR) is 93.3 cm³/mol. The highest BCUT2D eigenvalue weighted by molar-refractivity contribution is 5.79. The van der Waals surface area contributed by atoms with Crippen LogP contribution >= 0.6 is 0 Å². The first-order chi connectivity index (χ1) is 12.1. The molecule has 3 rings (SSSR count). The van der Waals surface area contributed by atoms with E-state index < -0.39 is 0 Å². The highest BCUT2D eigenvalue weighted by Gasteiger charge is 2.29. The fourth-order valence-electron chi connectivity index (χ4n) is 3.67. The van der Waals surface area contributed by atoms with Crippen LogP contribution in [0.3, 0.4) is 0 Å². The second kappa shape index (κ2) is 8.32. The molecule has 1 aromatic carbocycles. The van der Waals surface area contributed by atoms with E-state index in [-0.39, 0.29) is 29.7 Å². The first-order valence-electron chi connectivity index (χ1n) is 9.17. The molecule has 6 heteroatoms. The van der Waals surface area contributed by atoms with Crippen molar-refractivity contribution in [1.29, 1.82) is 0 Å². The van der Waals surface area contributed by atoms with Crippen LogP contribution in [0.25, 0.3) is 0 Å². The van der Waals surface area contributed by atoms with Crippen LogP contribution in [0.1, 0.15) is 44.1 Å². The largest absolute Gasteiger partial charge is 0.338 e. The minimum Gasteiger partial charge on any atom is -0.338 e. The number of benzene rings is 1. The molecule has 1 saturated carbocycles.